The van der Waals surface area contributed by atoms with E-state index in [1.54, 1.807) is 12.1 Å². The summed E-state index contributed by atoms with van der Waals surface area (Å²) in [5.74, 6) is 0. The molecule has 3 aromatic heterocycles. The molecule has 0 aromatic carbocycles. The second-order valence-corrected chi connectivity index (χ2v) is 5.56. The van der Waals surface area contributed by atoms with Gasteiger partial charge < -0.3 is 5.21 Å². The summed E-state index contributed by atoms with van der Waals surface area (Å²) in [6.07, 6.45) is 2.79. The maximum Gasteiger partial charge on any atom is 0.324 e. The van der Waals surface area contributed by atoms with Gasteiger partial charge in [-0.25, -0.2) is 4.98 Å². The number of hydrogen-bond acceptors (Lipinski definition) is 6. The third-order valence-corrected chi connectivity index (χ3v) is 4.53. The van der Waals surface area contributed by atoms with Gasteiger partial charge in [-0.15, -0.1) is 11.3 Å². The number of nitro groups is 1. The van der Waals surface area contributed by atoms with E-state index in [1.807, 2.05) is 0 Å². The first-order valence-electron chi connectivity index (χ1n) is 4.87. The molecule has 0 fully saturated rings. The maximum atomic E-state index is 11.1. The van der Waals surface area contributed by atoms with Gasteiger partial charge in [-0.2, -0.15) is 4.73 Å². The number of hydrogen-bond donors (Lipinski definition) is 0. The highest BCUT2D eigenvalue weighted by Crippen LogP contribution is 2.36. The van der Waals surface area contributed by atoms with Crippen LogP contribution in [0, 0.1) is 15.3 Å². The highest BCUT2D eigenvalue weighted by Gasteiger charge is 2.15. The highest BCUT2D eigenvalue weighted by molar-refractivity contribution is 7.26. The van der Waals surface area contributed by atoms with E-state index >= 15 is 0 Å². The lowest BCUT2D eigenvalue weighted by Crippen LogP contribution is -2.23. The first-order valence-corrected chi connectivity index (χ1v) is 6.51. The van der Waals surface area contributed by atoms with Crippen LogP contribution in [0.4, 0.5) is 5.00 Å². The zero-order valence-electron chi connectivity index (χ0n) is 8.77. The second-order valence-electron chi connectivity index (χ2n) is 3.47. The van der Waals surface area contributed by atoms with Gasteiger partial charge in [0.25, 0.3) is 0 Å². The van der Waals surface area contributed by atoms with Gasteiger partial charge in [-0.1, -0.05) is 11.3 Å². The molecule has 0 radical (unpaired) electrons. The molecule has 0 aliphatic rings. The predicted molar refractivity (Wildman–Crippen MR) is 68.5 cm³/mol. The molecule has 6 nitrogen and oxygen atoms in total. The molecule has 0 atom stereocenters. The van der Waals surface area contributed by atoms with E-state index in [4.69, 9.17) is 0 Å². The minimum absolute atomic E-state index is 0.0862. The number of rotatable bonds is 2. The van der Waals surface area contributed by atoms with E-state index in [1.165, 1.54) is 29.8 Å². The van der Waals surface area contributed by atoms with Crippen molar-refractivity contribution >= 4 is 37.9 Å². The van der Waals surface area contributed by atoms with Gasteiger partial charge in [0.15, 0.2) is 6.20 Å². The van der Waals surface area contributed by atoms with Gasteiger partial charge in [-0.3, -0.25) is 10.1 Å². The summed E-state index contributed by atoms with van der Waals surface area (Å²) in [5, 5.41) is 22.5. The number of nitrogens with zero attached hydrogens (tertiary/aromatic N) is 3. The van der Waals surface area contributed by atoms with E-state index < -0.39 is 4.92 Å². The van der Waals surface area contributed by atoms with Crippen molar-refractivity contribution in [2.75, 3.05) is 0 Å². The molecule has 0 saturated heterocycles. The molecule has 0 saturated carbocycles. The number of thiophene rings is 1. The van der Waals surface area contributed by atoms with Crippen LogP contribution in [-0.4, -0.2) is 9.91 Å². The van der Waals surface area contributed by atoms with Crippen LogP contribution in [0.2, 0.25) is 0 Å². The SMILES string of the molecule is O=[N+]([O-])c1ccc(-c2nc3c[n+]([O-])ccc3s2)s1. The number of aromatic nitrogens is 2. The first-order chi connectivity index (χ1) is 8.63. The lowest BCUT2D eigenvalue weighted by molar-refractivity contribution is -0.603. The smallest absolute Gasteiger partial charge is 0.324 e. The van der Waals surface area contributed by atoms with E-state index in [-0.39, 0.29) is 5.00 Å². The van der Waals surface area contributed by atoms with Crippen molar-refractivity contribution in [2.24, 2.45) is 0 Å². The molecule has 0 unspecified atom stereocenters. The second kappa shape index (κ2) is 4.00. The summed E-state index contributed by atoms with van der Waals surface area (Å²) in [6, 6.07) is 4.82. The van der Waals surface area contributed by atoms with Crippen LogP contribution >= 0.6 is 22.7 Å². The Hall–Kier alpha value is -2.06. The molecule has 18 heavy (non-hydrogen) atoms. The number of thiazole rings is 1. The van der Waals surface area contributed by atoms with E-state index in [9.17, 15) is 15.3 Å². The Balaban J connectivity index is 2.10. The van der Waals surface area contributed by atoms with Gasteiger partial charge in [0.05, 0.1) is 14.5 Å². The Morgan fingerprint density at radius 2 is 2.11 bits per heavy atom. The lowest BCUT2D eigenvalue weighted by Gasteiger charge is -1.91. The zero-order chi connectivity index (χ0) is 12.7. The summed E-state index contributed by atoms with van der Waals surface area (Å²) >= 11 is 2.49. The van der Waals surface area contributed by atoms with Crippen LogP contribution in [0.3, 0.4) is 0 Å². The maximum absolute atomic E-state index is 11.1. The van der Waals surface area contributed by atoms with Crippen molar-refractivity contribution in [3.8, 4) is 9.88 Å². The van der Waals surface area contributed by atoms with Gasteiger partial charge in [0.2, 0.25) is 6.20 Å². The fraction of sp³-hybridized carbons (Fsp3) is 0. The third-order valence-electron chi connectivity index (χ3n) is 2.29. The average molecular weight is 279 g/mol. The minimum atomic E-state index is -0.424. The minimum Gasteiger partial charge on any atom is -0.619 e. The van der Waals surface area contributed by atoms with Crippen molar-refractivity contribution in [3.63, 3.8) is 0 Å². The van der Waals surface area contributed by atoms with E-state index in [2.05, 4.69) is 4.98 Å². The monoisotopic (exact) mass is 279 g/mol. The molecule has 3 rings (SSSR count). The Bertz CT molecular complexity index is 750. The zero-order valence-corrected chi connectivity index (χ0v) is 10.4. The molecule has 0 spiro atoms. The standard InChI is InChI=1S/C10H5N3O3S2/c14-12-4-3-7-6(5-12)11-10(18-7)8-1-2-9(17-8)13(15)16/h1-5H. The van der Waals surface area contributed by atoms with Crippen molar-refractivity contribution in [1.82, 2.24) is 4.98 Å². The highest BCUT2D eigenvalue weighted by atomic mass is 32.1. The topological polar surface area (TPSA) is 83.0 Å². The molecule has 8 heteroatoms. The Labute approximate surface area is 109 Å². The third kappa shape index (κ3) is 1.81. The molecule has 3 aromatic rings. The van der Waals surface area contributed by atoms with E-state index in [0.29, 0.717) is 15.3 Å². The summed E-state index contributed by atoms with van der Waals surface area (Å²) < 4.78 is 1.57. The average Bonchev–Trinajstić information content (AvgIpc) is 2.93. The molecule has 0 aliphatic carbocycles. The molecule has 0 amide bonds. The fourth-order valence-electron chi connectivity index (χ4n) is 1.51. The van der Waals surface area contributed by atoms with Crippen molar-refractivity contribution in [2.45, 2.75) is 0 Å². The van der Waals surface area contributed by atoms with Crippen molar-refractivity contribution in [1.29, 1.82) is 0 Å². The molecular weight excluding hydrogens is 274 g/mol. The van der Waals surface area contributed by atoms with E-state index in [0.717, 1.165) is 20.9 Å². The van der Waals surface area contributed by atoms with Crippen LogP contribution < -0.4 is 4.73 Å². The first kappa shape index (κ1) is 11.1. The molecule has 90 valence electrons. The molecule has 3 heterocycles. The fourth-order valence-corrected chi connectivity index (χ4v) is 3.31. The summed E-state index contributed by atoms with van der Waals surface area (Å²) in [7, 11) is 0. The quantitative estimate of drug-likeness (QED) is 0.312. The Morgan fingerprint density at radius 3 is 2.83 bits per heavy atom. The van der Waals surface area contributed by atoms with Gasteiger partial charge in [-0.05, 0) is 6.07 Å². The van der Waals surface area contributed by atoms with Crippen LogP contribution in [0.25, 0.3) is 20.1 Å². The Morgan fingerprint density at radius 1 is 1.28 bits per heavy atom. The van der Waals surface area contributed by atoms with Gasteiger partial charge >= 0.3 is 5.00 Å². The van der Waals surface area contributed by atoms with Crippen LogP contribution in [0.1, 0.15) is 0 Å². The van der Waals surface area contributed by atoms with Crippen LogP contribution in [-0.2, 0) is 0 Å². The number of fused-ring (bicyclic) bond motifs is 1. The largest absolute Gasteiger partial charge is 0.619 e. The van der Waals surface area contributed by atoms with Gasteiger partial charge in [0, 0.05) is 12.1 Å². The van der Waals surface area contributed by atoms with Crippen LogP contribution in [0.5, 0.6) is 0 Å². The van der Waals surface area contributed by atoms with Crippen molar-refractivity contribution < 1.29 is 9.65 Å². The number of pyridine rings is 1. The Kier molecular flexibility index (Phi) is 2.46. The molecule has 0 N–H and O–H groups in total. The molecule has 0 bridgehead atoms. The van der Waals surface area contributed by atoms with Gasteiger partial charge in [0.1, 0.15) is 10.5 Å². The molecular formula is C10H5N3O3S2. The predicted octanol–water partition coefficient (Wildman–Crippen LogP) is 2.57. The lowest BCUT2D eigenvalue weighted by atomic mass is 10.4. The summed E-state index contributed by atoms with van der Waals surface area (Å²) in [6.45, 7) is 0. The van der Waals surface area contributed by atoms with Crippen LogP contribution in [0.15, 0.2) is 30.6 Å². The summed E-state index contributed by atoms with van der Waals surface area (Å²) in [5.41, 5.74) is 0.601. The summed E-state index contributed by atoms with van der Waals surface area (Å²) in [4.78, 5) is 15.2. The normalized spacial score (nSPS) is 10.9. The van der Waals surface area contributed by atoms with Crippen molar-refractivity contribution in [3.05, 3.63) is 45.9 Å². The molecule has 0 aliphatic heterocycles.